The van der Waals surface area contributed by atoms with Gasteiger partial charge in [-0.15, -0.1) is 0 Å². The normalized spacial score (nSPS) is 20.6. The minimum atomic E-state index is 0.230. The summed E-state index contributed by atoms with van der Waals surface area (Å²) < 4.78 is 0. The number of hydrogen-bond acceptors (Lipinski definition) is 4. The molecule has 0 amide bonds. The minimum absolute atomic E-state index is 0.230. The van der Waals surface area contributed by atoms with E-state index in [0.29, 0.717) is 11.1 Å². The SMILES string of the molecule is CC(C)C1NN=C2C=CC(Cc3ccc(Cl)nc3)=CN21. The molecular weight excluding hydrogens is 272 g/mol. The zero-order valence-corrected chi connectivity index (χ0v) is 12.3. The molecule has 1 aromatic rings. The predicted octanol–water partition coefficient (Wildman–Crippen LogP) is 2.93. The third-order valence-corrected chi connectivity index (χ3v) is 3.68. The van der Waals surface area contributed by atoms with Gasteiger partial charge < -0.3 is 4.90 Å². The number of hydrazone groups is 1. The van der Waals surface area contributed by atoms with E-state index in [1.807, 2.05) is 24.4 Å². The van der Waals surface area contributed by atoms with E-state index in [2.05, 4.69) is 46.5 Å². The molecule has 1 atom stereocenters. The molecule has 1 unspecified atom stereocenters. The lowest BCUT2D eigenvalue weighted by molar-refractivity contribution is 0.290. The minimum Gasteiger partial charge on any atom is -0.309 e. The molecule has 3 heterocycles. The Labute approximate surface area is 123 Å². The second kappa shape index (κ2) is 5.29. The van der Waals surface area contributed by atoms with E-state index in [1.165, 1.54) is 5.57 Å². The molecule has 0 aliphatic carbocycles. The first-order valence-corrected chi connectivity index (χ1v) is 7.12. The Balaban J connectivity index is 1.78. The maximum Gasteiger partial charge on any atom is 0.154 e. The lowest BCUT2D eigenvalue weighted by Gasteiger charge is -2.28. The van der Waals surface area contributed by atoms with E-state index >= 15 is 0 Å². The molecule has 0 aromatic carbocycles. The van der Waals surface area contributed by atoms with Gasteiger partial charge in [0.05, 0.1) is 0 Å². The van der Waals surface area contributed by atoms with Gasteiger partial charge in [-0.05, 0) is 29.2 Å². The van der Waals surface area contributed by atoms with Crippen molar-refractivity contribution < 1.29 is 0 Å². The third-order valence-electron chi connectivity index (χ3n) is 3.46. The number of amidine groups is 1. The number of nitrogens with zero attached hydrogens (tertiary/aromatic N) is 3. The first-order chi connectivity index (χ1) is 9.63. The number of halogens is 1. The highest BCUT2D eigenvalue weighted by atomic mass is 35.5. The highest BCUT2D eigenvalue weighted by molar-refractivity contribution is 6.29. The van der Waals surface area contributed by atoms with Gasteiger partial charge in [0.2, 0.25) is 0 Å². The van der Waals surface area contributed by atoms with Gasteiger partial charge in [0.25, 0.3) is 0 Å². The molecule has 1 N–H and O–H groups in total. The summed E-state index contributed by atoms with van der Waals surface area (Å²) in [7, 11) is 0. The fourth-order valence-corrected chi connectivity index (χ4v) is 2.50. The summed E-state index contributed by atoms with van der Waals surface area (Å²) in [5.41, 5.74) is 5.57. The number of aromatic nitrogens is 1. The van der Waals surface area contributed by atoms with Crippen molar-refractivity contribution in [2.24, 2.45) is 11.0 Å². The van der Waals surface area contributed by atoms with Crippen LogP contribution in [0.25, 0.3) is 0 Å². The Morgan fingerprint density at radius 1 is 1.35 bits per heavy atom. The molecule has 0 radical (unpaired) electrons. The lowest BCUT2D eigenvalue weighted by Crippen LogP contribution is -2.40. The number of nitrogens with one attached hydrogen (secondary N) is 1. The van der Waals surface area contributed by atoms with Crippen LogP contribution in [-0.4, -0.2) is 21.9 Å². The van der Waals surface area contributed by atoms with Crippen molar-refractivity contribution in [2.75, 3.05) is 0 Å². The van der Waals surface area contributed by atoms with Gasteiger partial charge >= 0.3 is 0 Å². The Morgan fingerprint density at radius 2 is 2.20 bits per heavy atom. The van der Waals surface area contributed by atoms with Gasteiger partial charge in [-0.3, -0.25) is 5.43 Å². The van der Waals surface area contributed by atoms with Crippen molar-refractivity contribution in [2.45, 2.75) is 26.4 Å². The molecule has 3 rings (SSSR count). The van der Waals surface area contributed by atoms with Crippen LogP contribution in [0.3, 0.4) is 0 Å². The van der Waals surface area contributed by atoms with Crippen LogP contribution in [0.5, 0.6) is 0 Å². The molecular formula is C15H17ClN4. The zero-order chi connectivity index (χ0) is 14.1. The van der Waals surface area contributed by atoms with E-state index in [9.17, 15) is 0 Å². The van der Waals surface area contributed by atoms with Gasteiger partial charge in [0.15, 0.2) is 5.84 Å². The average Bonchev–Trinajstić information content (AvgIpc) is 2.84. The van der Waals surface area contributed by atoms with Crippen LogP contribution in [0.15, 0.2) is 47.4 Å². The van der Waals surface area contributed by atoms with Crippen molar-refractivity contribution in [1.82, 2.24) is 15.3 Å². The number of hydrogen-bond donors (Lipinski definition) is 1. The van der Waals surface area contributed by atoms with Crippen molar-refractivity contribution >= 4 is 17.4 Å². The Kier molecular flexibility index (Phi) is 3.49. The Hall–Kier alpha value is -1.81. The number of allylic oxidation sites excluding steroid dienone is 2. The summed E-state index contributed by atoms with van der Waals surface area (Å²) in [6.07, 6.45) is 9.21. The van der Waals surface area contributed by atoms with E-state index < -0.39 is 0 Å². The molecule has 0 fully saturated rings. The topological polar surface area (TPSA) is 40.5 Å². The van der Waals surface area contributed by atoms with Crippen LogP contribution in [0, 0.1) is 5.92 Å². The summed E-state index contributed by atoms with van der Waals surface area (Å²) in [6.45, 7) is 4.37. The summed E-state index contributed by atoms with van der Waals surface area (Å²) in [4.78, 5) is 6.32. The van der Waals surface area contributed by atoms with Crippen LogP contribution in [0.1, 0.15) is 19.4 Å². The molecule has 5 heteroatoms. The van der Waals surface area contributed by atoms with Crippen molar-refractivity contribution in [1.29, 1.82) is 0 Å². The molecule has 4 nitrogen and oxygen atoms in total. The van der Waals surface area contributed by atoms with Crippen LogP contribution in [0.4, 0.5) is 0 Å². The summed E-state index contributed by atoms with van der Waals surface area (Å²) in [5, 5.41) is 4.87. The molecule has 0 saturated carbocycles. The van der Waals surface area contributed by atoms with Crippen LogP contribution in [-0.2, 0) is 6.42 Å². The second-order valence-corrected chi connectivity index (χ2v) is 5.79. The molecule has 0 spiro atoms. The average molecular weight is 289 g/mol. The van der Waals surface area contributed by atoms with E-state index in [1.54, 1.807) is 0 Å². The van der Waals surface area contributed by atoms with Crippen LogP contribution >= 0.6 is 11.6 Å². The molecule has 1 aromatic heterocycles. The molecule has 0 saturated heterocycles. The summed E-state index contributed by atoms with van der Waals surface area (Å²) >= 11 is 5.81. The smallest absolute Gasteiger partial charge is 0.154 e. The first kappa shape index (κ1) is 13.2. The molecule has 104 valence electrons. The molecule has 0 bridgehead atoms. The van der Waals surface area contributed by atoms with Gasteiger partial charge in [-0.2, -0.15) is 5.10 Å². The molecule has 20 heavy (non-hydrogen) atoms. The van der Waals surface area contributed by atoms with E-state index in [-0.39, 0.29) is 6.17 Å². The molecule has 2 aliphatic heterocycles. The quantitative estimate of drug-likeness (QED) is 0.870. The number of fused-ring (bicyclic) bond motifs is 1. The first-order valence-electron chi connectivity index (χ1n) is 6.74. The fourth-order valence-electron chi connectivity index (χ4n) is 2.39. The van der Waals surface area contributed by atoms with Crippen LogP contribution < -0.4 is 5.43 Å². The van der Waals surface area contributed by atoms with Crippen LogP contribution in [0.2, 0.25) is 5.15 Å². The highest BCUT2D eigenvalue weighted by Crippen LogP contribution is 2.22. The van der Waals surface area contributed by atoms with E-state index in [4.69, 9.17) is 11.6 Å². The predicted molar refractivity (Wildman–Crippen MR) is 81.2 cm³/mol. The Morgan fingerprint density at radius 3 is 2.90 bits per heavy atom. The van der Waals surface area contributed by atoms with Gasteiger partial charge in [0, 0.05) is 18.8 Å². The van der Waals surface area contributed by atoms with Gasteiger partial charge in [0.1, 0.15) is 11.3 Å². The third kappa shape index (κ3) is 2.56. The maximum absolute atomic E-state index is 5.81. The zero-order valence-electron chi connectivity index (χ0n) is 11.5. The number of pyridine rings is 1. The lowest BCUT2D eigenvalue weighted by atomic mass is 10.0. The fraction of sp³-hybridized carbons (Fsp3) is 0.333. The highest BCUT2D eigenvalue weighted by Gasteiger charge is 2.28. The second-order valence-electron chi connectivity index (χ2n) is 5.40. The van der Waals surface area contributed by atoms with E-state index in [0.717, 1.165) is 17.8 Å². The largest absolute Gasteiger partial charge is 0.309 e. The molecule has 2 aliphatic rings. The maximum atomic E-state index is 5.81. The number of rotatable bonds is 3. The summed E-state index contributed by atoms with van der Waals surface area (Å²) in [5.74, 6) is 1.46. The van der Waals surface area contributed by atoms with Crippen molar-refractivity contribution in [3.63, 3.8) is 0 Å². The van der Waals surface area contributed by atoms with Gasteiger partial charge in [-0.25, -0.2) is 4.98 Å². The monoisotopic (exact) mass is 288 g/mol. The van der Waals surface area contributed by atoms with Crippen molar-refractivity contribution in [3.8, 4) is 0 Å². The van der Waals surface area contributed by atoms with Gasteiger partial charge in [-0.1, -0.05) is 37.6 Å². The Bertz CT molecular complexity index is 586. The van der Waals surface area contributed by atoms with Crippen molar-refractivity contribution in [3.05, 3.63) is 53.0 Å². The summed E-state index contributed by atoms with van der Waals surface area (Å²) in [6, 6.07) is 3.83. The standard InChI is InChI=1S/C15H17ClN4/c1-10(2)15-19-18-14-6-4-12(9-20(14)15)7-11-3-5-13(16)17-8-11/h3-6,8-10,15,19H,7H2,1-2H3.